The van der Waals surface area contributed by atoms with Crippen LogP contribution in [0.15, 0.2) is 66.7 Å². The first kappa shape index (κ1) is 25.5. The van der Waals surface area contributed by atoms with Crippen molar-refractivity contribution < 1.29 is 36.0 Å². The van der Waals surface area contributed by atoms with Crippen LogP contribution in [0.2, 0.25) is 0 Å². The Balaban J connectivity index is 1.54. The first-order chi connectivity index (χ1) is 16.9. The Kier molecular flexibility index (Phi) is 6.96. The lowest BCUT2D eigenvalue weighted by atomic mass is 9.82. The van der Waals surface area contributed by atoms with E-state index in [9.17, 15) is 36.0 Å². The summed E-state index contributed by atoms with van der Waals surface area (Å²) in [5, 5.41) is 12.9. The highest BCUT2D eigenvalue weighted by molar-refractivity contribution is 7.87. The molecule has 0 unspecified atom stereocenters. The summed E-state index contributed by atoms with van der Waals surface area (Å²) in [5.74, 6) is -4.31. The number of hydrogen-bond acceptors (Lipinski definition) is 4. The van der Waals surface area contributed by atoms with Gasteiger partial charge in [0.05, 0.1) is 5.69 Å². The van der Waals surface area contributed by atoms with Crippen molar-refractivity contribution in [1.82, 2.24) is 0 Å². The number of hydrogen-bond donors (Lipinski definition) is 3. The summed E-state index contributed by atoms with van der Waals surface area (Å²) in [6.07, 6.45) is 0.406. The van der Waals surface area contributed by atoms with E-state index in [1.807, 2.05) is 0 Å². The topological polar surface area (TPSA) is 107 Å². The lowest BCUT2D eigenvalue weighted by molar-refractivity contribution is -0.0382. The van der Waals surface area contributed by atoms with Crippen LogP contribution in [0.25, 0.3) is 0 Å². The number of amides is 1. The van der Waals surface area contributed by atoms with Gasteiger partial charge in [0, 0.05) is 24.1 Å². The Morgan fingerprint density at radius 2 is 1.58 bits per heavy atom. The summed E-state index contributed by atoms with van der Waals surface area (Å²) in [6, 6.07) is 14.4. The van der Waals surface area contributed by atoms with Crippen molar-refractivity contribution >= 4 is 33.3 Å². The average Bonchev–Trinajstić information content (AvgIpc) is 2.82. The summed E-state index contributed by atoms with van der Waals surface area (Å²) >= 11 is 0. The van der Waals surface area contributed by atoms with Crippen LogP contribution in [0.1, 0.15) is 47.5 Å². The van der Waals surface area contributed by atoms with Crippen LogP contribution in [0, 0.1) is 5.82 Å². The largest absolute Gasteiger partial charge is 0.506 e. The smallest absolute Gasteiger partial charge is 0.364 e. The van der Waals surface area contributed by atoms with Crippen LogP contribution >= 0.6 is 0 Å². The lowest BCUT2D eigenvalue weighted by Crippen LogP contribution is -2.25. The Bertz CT molecular complexity index is 1350. The predicted molar refractivity (Wildman–Crippen MR) is 129 cm³/mol. The molecule has 11 heteroatoms. The number of anilines is 3. The standard InChI is InChI=1S/C25H23F3N2O5S/c26-19-5-8-21(9-6-19)30(36(33,34)35)22-15-20(7-10-23(22)31)29-24(32)18-3-1-16(2-4-18)17-11-13-25(27,28)14-12-17/h1-10,15,17,31H,11-14H2,(H,29,32)(H,33,34,35). The number of phenolic OH excluding ortho intramolecular Hbond substituents is 1. The van der Waals surface area contributed by atoms with Crippen molar-refractivity contribution in [3.8, 4) is 5.75 Å². The van der Waals surface area contributed by atoms with E-state index in [0.717, 1.165) is 42.0 Å². The van der Waals surface area contributed by atoms with Gasteiger partial charge in [-0.2, -0.15) is 8.42 Å². The number of phenols is 1. The summed E-state index contributed by atoms with van der Waals surface area (Å²) in [7, 11) is -4.94. The zero-order valence-electron chi connectivity index (χ0n) is 18.9. The molecular weight excluding hydrogens is 497 g/mol. The van der Waals surface area contributed by atoms with E-state index in [4.69, 9.17) is 0 Å². The van der Waals surface area contributed by atoms with Crippen LogP contribution in [0.4, 0.5) is 30.2 Å². The van der Waals surface area contributed by atoms with Crippen molar-refractivity contribution in [2.75, 3.05) is 9.62 Å². The van der Waals surface area contributed by atoms with Crippen molar-refractivity contribution in [1.29, 1.82) is 0 Å². The molecule has 0 saturated heterocycles. The summed E-state index contributed by atoms with van der Waals surface area (Å²) in [5.41, 5.74) is 0.749. The zero-order chi connectivity index (χ0) is 26.1. The third-order valence-electron chi connectivity index (χ3n) is 6.11. The molecule has 0 bridgehead atoms. The molecule has 3 aromatic rings. The second-order valence-corrected chi connectivity index (χ2v) is 9.89. The highest BCUT2D eigenvalue weighted by atomic mass is 32.2. The molecule has 4 rings (SSSR count). The molecule has 190 valence electrons. The van der Waals surface area contributed by atoms with Gasteiger partial charge in [-0.1, -0.05) is 12.1 Å². The van der Waals surface area contributed by atoms with Gasteiger partial charge in [-0.15, -0.1) is 0 Å². The minimum absolute atomic E-state index is 0.000678. The predicted octanol–water partition coefficient (Wildman–Crippen LogP) is 6.02. The molecule has 1 aliphatic carbocycles. The minimum atomic E-state index is -4.94. The maximum atomic E-state index is 13.4. The number of halogens is 3. The van der Waals surface area contributed by atoms with Crippen LogP contribution in [0.3, 0.4) is 0 Å². The first-order valence-electron chi connectivity index (χ1n) is 11.1. The van der Waals surface area contributed by atoms with Gasteiger partial charge in [0.25, 0.3) is 5.91 Å². The fourth-order valence-corrected chi connectivity index (χ4v) is 5.00. The number of carbonyl (C=O) groups excluding carboxylic acids is 1. The van der Waals surface area contributed by atoms with Crippen molar-refractivity contribution in [3.63, 3.8) is 0 Å². The van der Waals surface area contributed by atoms with Crippen LogP contribution < -0.4 is 9.62 Å². The summed E-state index contributed by atoms with van der Waals surface area (Å²) in [4.78, 5) is 12.8. The highest BCUT2D eigenvalue weighted by Gasteiger charge is 2.35. The maximum absolute atomic E-state index is 13.4. The Hall–Kier alpha value is -3.57. The fraction of sp³-hybridized carbons (Fsp3) is 0.240. The molecule has 0 spiro atoms. The Labute approximate surface area is 206 Å². The second-order valence-electron chi connectivity index (χ2n) is 8.63. The monoisotopic (exact) mass is 520 g/mol. The molecule has 3 aromatic carbocycles. The molecule has 1 fully saturated rings. The first-order valence-corrected chi connectivity index (χ1v) is 12.5. The van der Waals surface area contributed by atoms with E-state index in [2.05, 4.69) is 5.32 Å². The van der Waals surface area contributed by atoms with Gasteiger partial charge in [-0.05, 0) is 78.9 Å². The van der Waals surface area contributed by atoms with E-state index in [0.29, 0.717) is 17.1 Å². The van der Waals surface area contributed by atoms with E-state index >= 15 is 0 Å². The molecule has 1 amide bonds. The van der Waals surface area contributed by atoms with Crippen LogP contribution in [-0.2, 0) is 10.3 Å². The molecule has 0 atom stereocenters. The van der Waals surface area contributed by atoms with E-state index in [-0.39, 0.29) is 41.4 Å². The van der Waals surface area contributed by atoms with Gasteiger partial charge < -0.3 is 10.4 Å². The Morgan fingerprint density at radius 3 is 2.17 bits per heavy atom. The lowest BCUT2D eigenvalue weighted by Gasteiger charge is -2.28. The SMILES string of the molecule is O=C(Nc1ccc(O)c(N(c2ccc(F)cc2)S(=O)(=O)O)c1)c1ccc(C2CCC(F)(F)CC2)cc1. The number of nitrogens with one attached hydrogen (secondary N) is 1. The highest BCUT2D eigenvalue weighted by Crippen LogP contribution is 2.41. The number of aromatic hydroxyl groups is 1. The number of nitrogens with zero attached hydrogens (tertiary/aromatic N) is 1. The quantitative estimate of drug-likeness (QED) is 0.272. The molecule has 3 N–H and O–H groups in total. The number of carbonyl (C=O) groups is 1. The molecule has 36 heavy (non-hydrogen) atoms. The van der Waals surface area contributed by atoms with Crippen LogP contribution in [-0.4, -0.2) is 29.9 Å². The number of alkyl halides is 2. The van der Waals surface area contributed by atoms with E-state index in [1.165, 1.54) is 6.07 Å². The molecule has 1 saturated carbocycles. The van der Waals surface area contributed by atoms with E-state index < -0.39 is 33.7 Å². The molecular formula is C25H23F3N2O5S. The summed E-state index contributed by atoms with van der Waals surface area (Å²) < 4.78 is 74.4. The van der Waals surface area contributed by atoms with Gasteiger partial charge in [0.1, 0.15) is 17.3 Å². The van der Waals surface area contributed by atoms with Gasteiger partial charge >= 0.3 is 10.3 Å². The van der Waals surface area contributed by atoms with E-state index in [1.54, 1.807) is 24.3 Å². The Morgan fingerprint density at radius 1 is 0.972 bits per heavy atom. The van der Waals surface area contributed by atoms with Crippen LogP contribution in [0.5, 0.6) is 5.75 Å². The molecule has 7 nitrogen and oxygen atoms in total. The fourth-order valence-electron chi connectivity index (χ4n) is 4.22. The maximum Gasteiger partial charge on any atom is 0.364 e. The third kappa shape index (κ3) is 5.80. The summed E-state index contributed by atoms with van der Waals surface area (Å²) in [6.45, 7) is 0. The van der Waals surface area contributed by atoms with Gasteiger partial charge in [0.2, 0.25) is 5.92 Å². The van der Waals surface area contributed by atoms with Gasteiger partial charge in [0.15, 0.2) is 0 Å². The average molecular weight is 521 g/mol. The normalized spacial score (nSPS) is 15.9. The minimum Gasteiger partial charge on any atom is -0.506 e. The third-order valence-corrected chi connectivity index (χ3v) is 6.97. The molecule has 0 radical (unpaired) electrons. The molecule has 0 heterocycles. The van der Waals surface area contributed by atoms with Gasteiger partial charge in [-0.25, -0.2) is 17.5 Å². The molecule has 0 aliphatic heterocycles. The number of benzene rings is 3. The zero-order valence-corrected chi connectivity index (χ0v) is 19.7. The number of rotatable bonds is 6. The molecule has 1 aliphatic rings. The second kappa shape index (κ2) is 9.82. The van der Waals surface area contributed by atoms with Gasteiger partial charge in [-0.3, -0.25) is 9.35 Å². The van der Waals surface area contributed by atoms with Crippen molar-refractivity contribution in [3.05, 3.63) is 83.7 Å². The van der Waals surface area contributed by atoms with Crippen molar-refractivity contribution in [2.45, 2.75) is 37.5 Å². The molecule has 0 aromatic heterocycles. The van der Waals surface area contributed by atoms with Crippen molar-refractivity contribution in [2.24, 2.45) is 0 Å².